The molecule has 1 N–H and O–H groups in total. The van der Waals surface area contributed by atoms with Crippen LogP contribution in [0.5, 0.6) is 0 Å². The van der Waals surface area contributed by atoms with Crippen LogP contribution in [0.25, 0.3) is 10.4 Å². The summed E-state index contributed by atoms with van der Waals surface area (Å²) < 4.78 is 12.9. The maximum Gasteiger partial charge on any atom is 0.183 e. The highest BCUT2D eigenvalue weighted by molar-refractivity contribution is 7.18. The second-order valence-electron chi connectivity index (χ2n) is 4.38. The van der Waals surface area contributed by atoms with Gasteiger partial charge in [0.15, 0.2) is 5.13 Å². The van der Waals surface area contributed by atoms with Gasteiger partial charge in [-0.1, -0.05) is 53.8 Å². The molecule has 0 saturated heterocycles. The average Bonchev–Trinajstić information content (AvgIpc) is 2.96. The van der Waals surface area contributed by atoms with Gasteiger partial charge in [-0.25, -0.2) is 9.37 Å². The zero-order chi connectivity index (χ0) is 13.8. The Hall–Kier alpha value is -2.20. The van der Waals surface area contributed by atoms with Gasteiger partial charge < -0.3 is 5.32 Å². The van der Waals surface area contributed by atoms with Crippen molar-refractivity contribution in [3.8, 4) is 10.4 Å². The Labute approximate surface area is 120 Å². The van der Waals surface area contributed by atoms with Gasteiger partial charge >= 0.3 is 0 Å². The molecular formula is C16H13FN2S. The molecular weight excluding hydrogens is 271 g/mol. The zero-order valence-corrected chi connectivity index (χ0v) is 11.5. The van der Waals surface area contributed by atoms with E-state index in [0.29, 0.717) is 0 Å². The Morgan fingerprint density at radius 3 is 2.50 bits per heavy atom. The third-order valence-electron chi connectivity index (χ3n) is 2.92. The van der Waals surface area contributed by atoms with Crippen LogP contribution in [0.1, 0.15) is 5.56 Å². The number of thiazole rings is 1. The van der Waals surface area contributed by atoms with Crippen molar-refractivity contribution >= 4 is 16.5 Å². The molecule has 0 fully saturated rings. The molecule has 1 aromatic heterocycles. The Kier molecular flexibility index (Phi) is 3.74. The number of nitrogens with one attached hydrogen (secondary N) is 1. The van der Waals surface area contributed by atoms with Crippen LogP contribution in [-0.4, -0.2) is 4.98 Å². The molecule has 0 radical (unpaired) electrons. The van der Waals surface area contributed by atoms with E-state index in [1.165, 1.54) is 17.7 Å². The van der Waals surface area contributed by atoms with E-state index in [9.17, 15) is 4.39 Å². The van der Waals surface area contributed by atoms with Crippen LogP contribution in [-0.2, 0) is 6.54 Å². The van der Waals surface area contributed by atoms with E-state index in [-0.39, 0.29) is 5.82 Å². The molecule has 100 valence electrons. The Balaban J connectivity index is 1.69. The van der Waals surface area contributed by atoms with Gasteiger partial charge in [0.1, 0.15) is 5.82 Å². The summed E-state index contributed by atoms with van der Waals surface area (Å²) in [5, 5.41) is 4.16. The molecule has 0 amide bonds. The fourth-order valence-corrected chi connectivity index (χ4v) is 2.69. The number of anilines is 1. The summed E-state index contributed by atoms with van der Waals surface area (Å²) in [6, 6.07) is 16.6. The van der Waals surface area contributed by atoms with E-state index < -0.39 is 0 Å². The number of halogens is 1. The molecule has 0 aliphatic carbocycles. The summed E-state index contributed by atoms with van der Waals surface area (Å²) in [4.78, 5) is 5.37. The first-order chi connectivity index (χ1) is 9.81. The number of rotatable bonds is 4. The minimum atomic E-state index is -0.222. The van der Waals surface area contributed by atoms with Crippen molar-refractivity contribution in [2.45, 2.75) is 6.54 Å². The van der Waals surface area contributed by atoms with E-state index in [2.05, 4.69) is 22.4 Å². The van der Waals surface area contributed by atoms with Crippen molar-refractivity contribution in [1.29, 1.82) is 0 Å². The molecule has 0 aliphatic heterocycles. The van der Waals surface area contributed by atoms with Crippen molar-refractivity contribution in [1.82, 2.24) is 4.98 Å². The average molecular weight is 284 g/mol. The van der Waals surface area contributed by atoms with Crippen molar-refractivity contribution in [2.24, 2.45) is 0 Å². The molecule has 0 aliphatic rings. The lowest BCUT2D eigenvalue weighted by atomic mass is 10.2. The van der Waals surface area contributed by atoms with Crippen molar-refractivity contribution in [3.63, 3.8) is 0 Å². The first-order valence-corrected chi connectivity index (χ1v) is 7.12. The third-order valence-corrected chi connectivity index (χ3v) is 3.93. The summed E-state index contributed by atoms with van der Waals surface area (Å²) in [5.74, 6) is -0.222. The molecule has 4 heteroatoms. The predicted molar refractivity (Wildman–Crippen MR) is 81.3 cm³/mol. The van der Waals surface area contributed by atoms with Crippen LogP contribution in [0.15, 0.2) is 60.8 Å². The van der Waals surface area contributed by atoms with Gasteiger partial charge in [-0.15, -0.1) is 0 Å². The summed E-state index contributed by atoms with van der Waals surface area (Å²) in [7, 11) is 0. The third kappa shape index (κ3) is 3.03. The quantitative estimate of drug-likeness (QED) is 0.759. The summed E-state index contributed by atoms with van der Waals surface area (Å²) in [6.45, 7) is 0.747. The highest BCUT2D eigenvalue weighted by Gasteiger charge is 2.04. The van der Waals surface area contributed by atoms with E-state index >= 15 is 0 Å². The zero-order valence-electron chi connectivity index (χ0n) is 10.7. The Morgan fingerprint density at radius 1 is 1.00 bits per heavy atom. The summed E-state index contributed by atoms with van der Waals surface area (Å²) >= 11 is 1.57. The number of aromatic nitrogens is 1. The van der Waals surface area contributed by atoms with Crippen molar-refractivity contribution in [2.75, 3.05) is 5.32 Å². The fraction of sp³-hybridized carbons (Fsp3) is 0.0625. The minimum absolute atomic E-state index is 0.222. The molecule has 2 aromatic carbocycles. The van der Waals surface area contributed by atoms with Crippen molar-refractivity contribution < 1.29 is 4.39 Å². The first-order valence-electron chi connectivity index (χ1n) is 6.31. The van der Waals surface area contributed by atoms with E-state index in [0.717, 1.165) is 22.1 Å². The molecule has 2 nitrogen and oxygen atoms in total. The van der Waals surface area contributed by atoms with Crippen LogP contribution >= 0.6 is 11.3 Å². The topological polar surface area (TPSA) is 24.9 Å². The smallest absolute Gasteiger partial charge is 0.183 e. The fourth-order valence-electron chi connectivity index (χ4n) is 1.88. The van der Waals surface area contributed by atoms with Crippen molar-refractivity contribution in [3.05, 3.63) is 72.2 Å². The van der Waals surface area contributed by atoms with Crippen LogP contribution in [0.3, 0.4) is 0 Å². The Morgan fingerprint density at radius 2 is 1.75 bits per heavy atom. The largest absolute Gasteiger partial charge is 0.357 e. The molecule has 3 rings (SSSR count). The van der Waals surface area contributed by atoms with Gasteiger partial charge in [0.05, 0.1) is 4.88 Å². The van der Waals surface area contributed by atoms with Gasteiger partial charge in [0.2, 0.25) is 0 Å². The molecule has 0 spiro atoms. The predicted octanol–water partition coefficient (Wildman–Crippen LogP) is 4.56. The molecule has 0 bridgehead atoms. The number of hydrogen-bond donors (Lipinski definition) is 1. The summed E-state index contributed by atoms with van der Waals surface area (Å²) in [5.41, 5.74) is 2.20. The first kappa shape index (κ1) is 12.8. The van der Waals surface area contributed by atoms with Crippen LogP contribution in [0, 0.1) is 5.82 Å². The molecule has 20 heavy (non-hydrogen) atoms. The molecule has 0 saturated carbocycles. The number of hydrogen-bond acceptors (Lipinski definition) is 3. The maximum atomic E-state index is 12.9. The molecule has 1 heterocycles. The SMILES string of the molecule is Fc1ccc(-c2cnc(NCc3ccccc3)s2)cc1. The lowest BCUT2D eigenvalue weighted by Gasteiger charge is -2.01. The molecule has 0 unspecified atom stereocenters. The molecule has 0 atom stereocenters. The second kappa shape index (κ2) is 5.84. The van der Waals surface area contributed by atoms with Gasteiger partial charge in [-0.2, -0.15) is 0 Å². The number of benzene rings is 2. The van der Waals surface area contributed by atoms with Crippen LogP contribution < -0.4 is 5.32 Å². The monoisotopic (exact) mass is 284 g/mol. The highest BCUT2D eigenvalue weighted by atomic mass is 32.1. The maximum absolute atomic E-state index is 12.9. The lowest BCUT2D eigenvalue weighted by molar-refractivity contribution is 0.628. The van der Waals surface area contributed by atoms with Gasteiger partial charge in [0.25, 0.3) is 0 Å². The summed E-state index contributed by atoms with van der Waals surface area (Å²) in [6.07, 6.45) is 1.81. The van der Waals surface area contributed by atoms with Gasteiger partial charge in [-0.3, -0.25) is 0 Å². The normalized spacial score (nSPS) is 10.4. The Bertz CT molecular complexity index is 677. The highest BCUT2D eigenvalue weighted by Crippen LogP contribution is 2.29. The van der Waals surface area contributed by atoms with Gasteiger partial charge in [-0.05, 0) is 23.3 Å². The van der Waals surface area contributed by atoms with Gasteiger partial charge in [0, 0.05) is 12.7 Å². The standard InChI is InChI=1S/C16H13FN2S/c17-14-8-6-13(7-9-14)15-11-19-16(20-15)18-10-12-4-2-1-3-5-12/h1-9,11H,10H2,(H,18,19). The minimum Gasteiger partial charge on any atom is -0.357 e. The van der Waals surface area contributed by atoms with E-state index in [4.69, 9.17) is 0 Å². The lowest BCUT2D eigenvalue weighted by Crippen LogP contribution is -1.97. The van der Waals surface area contributed by atoms with Crippen LogP contribution in [0.2, 0.25) is 0 Å². The van der Waals surface area contributed by atoms with E-state index in [1.54, 1.807) is 23.5 Å². The second-order valence-corrected chi connectivity index (χ2v) is 5.41. The number of nitrogens with zero attached hydrogens (tertiary/aromatic N) is 1. The van der Waals surface area contributed by atoms with E-state index in [1.807, 2.05) is 24.4 Å². The molecule has 3 aromatic rings. The van der Waals surface area contributed by atoms with Crippen LogP contribution in [0.4, 0.5) is 9.52 Å².